The molecule has 1 aromatic carbocycles. The molecule has 0 spiro atoms. The zero-order valence-electron chi connectivity index (χ0n) is 10.1. The lowest BCUT2D eigenvalue weighted by molar-refractivity contribution is 0.475. The zero-order valence-corrected chi connectivity index (χ0v) is 10.9. The molecule has 0 atom stereocenters. The van der Waals surface area contributed by atoms with E-state index in [4.69, 9.17) is 11.6 Å². The molecule has 0 saturated carbocycles. The third-order valence-electron chi connectivity index (χ3n) is 2.84. The van der Waals surface area contributed by atoms with Gasteiger partial charge in [-0.3, -0.25) is 0 Å². The normalized spacial score (nSPS) is 10.8. The summed E-state index contributed by atoms with van der Waals surface area (Å²) in [5, 5.41) is 17.3. The van der Waals surface area contributed by atoms with Crippen molar-refractivity contribution in [2.24, 2.45) is 0 Å². The standard InChI is InChI=1S/C13H11ClN4O/c1-8-11(16-9-3-2-4-10(19)7-9)13-15-5-6-18(13)17-12(8)14/h2-7,16,19H,1H3. The highest BCUT2D eigenvalue weighted by Crippen LogP contribution is 2.29. The topological polar surface area (TPSA) is 62.5 Å². The summed E-state index contributed by atoms with van der Waals surface area (Å²) in [7, 11) is 0. The van der Waals surface area contributed by atoms with Crippen molar-refractivity contribution >= 4 is 28.6 Å². The molecule has 2 aromatic heterocycles. The van der Waals surface area contributed by atoms with Gasteiger partial charge in [0.2, 0.25) is 0 Å². The summed E-state index contributed by atoms with van der Waals surface area (Å²) < 4.78 is 1.61. The van der Waals surface area contributed by atoms with Gasteiger partial charge in [-0.1, -0.05) is 17.7 Å². The van der Waals surface area contributed by atoms with Crippen molar-refractivity contribution < 1.29 is 5.11 Å². The number of phenols is 1. The first kappa shape index (κ1) is 11.8. The van der Waals surface area contributed by atoms with Gasteiger partial charge in [0, 0.05) is 29.7 Å². The van der Waals surface area contributed by atoms with Gasteiger partial charge >= 0.3 is 0 Å². The number of imidazole rings is 1. The van der Waals surface area contributed by atoms with Crippen molar-refractivity contribution in [3.8, 4) is 5.75 Å². The van der Waals surface area contributed by atoms with Crippen LogP contribution in [-0.2, 0) is 0 Å². The van der Waals surface area contributed by atoms with Gasteiger partial charge in [0.25, 0.3) is 0 Å². The summed E-state index contributed by atoms with van der Waals surface area (Å²) in [6.07, 6.45) is 3.39. The van der Waals surface area contributed by atoms with Gasteiger partial charge in [0.1, 0.15) is 5.75 Å². The molecule has 0 aliphatic carbocycles. The van der Waals surface area contributed by atoms with E-state index >= 15 is 0 Å². The quantitative estimate of drug-likeness (QED) is 0.754. The molecular formula is C13H11ClN4O. The second-order valence-electron chi connectivity index (χ2n) is 4.16. The van der Waals surface area contributed by atoms with Crippen molar-refractivity contribution in [3.63, 3.8) is 0 Å². The maximum atomic E-state index is 9.49. The van der Waals surface area contributed by atoms with E-state index in [0.717, 1.165) is 16.9 Å². The van der Waals surface area contributed by atoms with Crippen LogP contribution in [0.4, 0.5) is 11.4 Å². The lowest BCUT2D eigenvalue weighted by Crippen LogP contribution is -2.01. The molecule has 19 heavy (non-hydrogen) atoms. The van der Waals surface area contributed by atoms with Gasteiger partial charge in [-0.05, 0) is 19.1 Å². The van der Waals surface area contributed by atoms with Gasteiger partial charge in [0.15, 0.2) is 10.8 Å². The number of aromatic hydroxyl groups is 1. The molecule has 0 fully saturated rings. The summed E-state index contributed by atoms with van der Waals surface area (Å²) in [6.45, 7) is 1.87. The molecule has 0 aliphatic heterocycles. The van der Waals surface area contributed by atoms with Crippen LogP contribution in [0.5, 0.6) is 5.75 Å². The van der Waals surface area contributed by atoms with Gasteiger partial charge in [-0.2, -0.15) is 5.10 Å². The van der Waals surface area contributed by atoms with E-state index in [2.05, 4.69) is 15.4 Å². The van der Waals surface area contributed by atoms with Crippen LogP contribution >= 0.6 is 11.6 Å². The van der Waals surface area contributed by atoms with Gasteiger partial charge in [0.05, 0.1) is 5.69 Å². The number of phenolic OH excluding ortho intramolecular Hbond substituents is 1. The number of nitrogens with one attached hydrogen (secondary N) is 1. The lowest BCUT2D eigenvalue weighted by atomic mass is 10.2. The second kappa shape index (κ2) is 4.44. The lowest BCUT2D eigenvalue weighted by Gasteiger charge is -2.11. The number of hydrogen-bond acceptors (Lipinski definition) is 4. The predicted octanol–water partition coefficient (Wildman–Crippen LogP) is 3.14. The maximum Gasteiger partial charge on any atom is 0.177 e. The minimum Gasteiger partial charge on any atom is -0.508 e. The van der Waals surface area contributed by atoms with Crippen LogP contribution in [-0.4, -0.2) is 19.7 Å². The Kier molecular flexibility index (Phi) is 2.76. The van der Waals surface area contributed by atoms with Crippen LogP contribution in [0.15, 0.2) is 36.7 Å². The number of rotatable bonds is 2. The van der Waals surface area contributed by atoms with Crippen molar-refractivity contribution in [1.82, 2.24) is 14.6 Å². The number of fused-ring (bicyclic) bond motifs is 1. The van der Waals surface area contributed by atoms with Crippen molar-refractivity contribution in [1.29, 1.82) is 0 Å². The molecule has 3 rings (SSSR count). The fourth-order valence-corrected chi connectivity index (χ4v) is 2.05. The molecule has 96 valence electrons. The van der Waals surface area contributed by atoms with E-state index in [1.807, 2.05) is 13.0 Å². The number of nitrogens with zero attached hydrogens (tertiary/aromatic N) is 3. The molecule has 0 bridgehead atoms. The van der Waals surface area contributed by atoms with Gasteiger partial charge < -0.3 is 10.4 Å². The van der Waals surface area contributed by atoms with Crippen molar-refractivity contribution in [3.05, 3.63) is 47.4 Å². The third-order valence-corrected chi connectivity index (χ3v) is 3.20. The van der Waals surface area contributed by atoms with Crippen molar-refractivity contribution in [2.75, 3.05) is 5.32 Å². The summed E-state index contributed by atoms with van der Waals surface area (Å²) in [4.78, 5) is 4.26. The first-order chi connectivity index (χ1) is 9.15. The predicted molar refractivity (Wildman–Crippen MR) is 74.1 cm³/mol. The molecule has 0 amide bonds. The Balaban J connectivity index is 2.14. The van der Waals surface area contributed by atoms with E-state index in [9.17, 15) is 5.11 Å². The number of hydrogen-bond donors (Lipinski definition) is 2. The molecule has 3 aromatic rings. The van der Waals surface area contributed by atoms with Crippen molar-refractivity contribution in [2.45, 2.75) is 6.92 Å². The van der Waals surface area contributed by atoms with Crippen LogP contribution < -0.4 is 5.32 Å². The maximum absolute atomic E-state index is 9.49. The minimum atomic E-state index is 0.196. The average Bonchev–Trinajstić information content (AvgIpc) is 2.83. The Morgan fingerprint density at radius 1 is 1.37 bits per heavy atom. The highest BCUT2D eigenvalue weighted by atomic mass is 35.5. The Hall–Kier alpha value is -2.27. The second-order valence-corrected chi connectivity index (χ2v) is 4.52. The van der Waals surface area contributed by atoms with E-state index in [-0.39, 0.29) is 5.75 Å². The largest absolute Gasteiger partial charge is 0.508 e. The monoisotopic (exact) mass is 274 g/mol. The molecule has 6 heteroatoms. The third kappa shape index (κ3) is 2.08. The van der Waals surface area contributed by atoms with Gasteiger partial charge in [-0.25, -0.2) is 9.50 Å². The Labute approximate surface area is 114 Å². The van der Waals surface area contributed by atoms with Crippen LogP contribution in [0.3, 0.4) is 0 Å². The van der Waals surface area contributed by atoms with E-state index in [1.165, 1.54) is 0 Å². The minimum absolute atomic E-state index is 0.196. The van der Waals surface area contributed by atoms with Crippen LogP contribution in [0, 0.1) is 6.92 Å². The van der Waals surface area contributed by atoms with Crippen LogP contribution in [0.25, 0.3) is 5.65 Å². The zero-order chi connectivity index (χ0) is 13.4. The molecule has 0 aliphatic rings. The highest BCUT2D eigenvalue weighted by Gasteiger charge is 2.12. The fraction of sp³-hybridized carbons (Fsp3) is 0.0769. The smallest absolute Gasteiger partial charge is 0.177 e. The first-order valence-electron chi connectivity index (χ1n) is 5.70. The molecule has 2 N–H and O–H groups in total. The highest BCUT2D eigenvalue weighted by molar-refractivity contribution is 6.30. The van der Waals surface area contributed by atoms with Gasteiger partial charge in [-0.15, -0.1) is 0 Å². The molecule has 5 nitrogen and oxygen atoms in total. The molecule has 0 radical (unpaired) electrons. The first-order valence-corrected chi connectivity index (χ1v) is 6.08. The molecule has 0 unspecified atom stereocenters. The summed E-state index contributed by atoms with van der Waals surface area (Å²) >= 11 is 6.10. The number of anilines is 2. The number of halogens is 1. The van der Waals surface area contributed by atoms with E-state index < -0.39 is 0 Å². The summed E-state index contributed by atoms with van der Waals surface area (Å²) in [5.41, 5.74) is 3.03. The summed E-state index contributed by atoms with van der Waals surface area (Å²) in [6, 6.07) is 6.86. The fourth-order valence-electron chi connectivity index (χ4n) is 1.87. The van der Waals surface area contributed by atoms with Crippen LogP contribution in [0.1, 0.15) is 5.56 Å². The molecule has 2 heterocycles. The Morgan fingerprint density at radius 2 is 2.21 bits per heavy atom. The van der Waals surface area contributed by atoms with E-state index in [0.29, 0.717) is 10.8 Å². The number of aromatic nitrogens is 3. The Bertz CT molecular complexity index is 753. The summed E-state index contributed by atoms with van der Waals surface area (Å²) in [5.74, 6) is 0.196. The SMILES string of the molecule is Cc1c(Cl)nn2ccnc2c1Nc1cccc(O)c1. The average molecular weight is 275 g/mol. The van der Waals surface area contributed by atoms with E-state index in [1.54, 1.807) is 35.1 Å². The molecule has 0 saturated heterocycles. The van der Waals surface area contributed by atoms with Crippen LogP contribution in [0.2, 0.25) is 5.15 Å². The number of benzene rings is 1. The molecular weight excluding hydrogens is 264 g/mol. The Morgan fingerprint density at radius 3 is 3.00 bits per heavy atom.